The number of carboxylic acid groups (broad SMARTS) is 1. The van der Waals surface area contributed by atoms with Gasteiger partial charge < -0.3 is 28.5 Å². The van der Waals surface area contributed by atoms with Gasteiger partial charge in [-0.05, 0) is 51.4 Å². The van der Waals surface area contributed by atoms with Crippen LogP contribution in [0.25, 0.3) is 0 Å². The second-order valence-electron chi connectivity index (χ2n) is 28.4. The molecule has 0 heterocycles. The second-order valence-corrected chi connectivity index (χ2v) is 28.4. The van der Waals surface area contributed by atoms with Crippen LogP contribution in [-0.2, 0) is 33.3 Å². The molecule has 2 unspecified atom stereocenters. The lowest BCUT2D eigenvalue weighted by Crippen LogP contribution is -2.40. The highest BCUT2D eigenvalue weighted by molar-refractivity contribution is 5.71. The van der Waals surface area contributed by atoms with Gasteiger partial charge in [0.1, 0.15) is 13.2 Å². The van der Waals surface area contributed by atoms with Gasteiger partial charge in [-0.25, -0.2) is 4.79 Å². The van der Waals surface area contributed by atoms with Crippen molar-refractivity contribution >= 4 is 17.9 Å². The second kappa shape index (κ2) is 72.3. The number of carbonyl (C=O) groups is 3. The predicted molar refractivity (Wildman–Crippen MR) is 387 cm³/mol. The Labute approximate surface area is 560 Å². The third kappa shape index (κ3) is 72.9. The molecule has 9 heteroatoms. The van der Waals surface area contributed by atoms with E-state index in [0.29, 0.717) is 17.4 Å². The molecule has 0 radical (unpaired) electrons. The lowest BCUT2D eigenvalue weighted by Gasteiger charge is -2.25. The molecule has 0 spiro atoms. The van der Waals surface area contributed by atoms with Gasteiger partial charge in [-0.2, -0.15) is 0 Å². The van der Waals surface area contributed by atoms with Crippen LogP contribution < -0.4 is 0 Å². The first kappa shape index (κ1) is 87.5. The Balaban J connectivity index is 3.96. The van der Waals surface area contributed by atoms with Crippen molar-refractivity contribution in [2.45, 2.75) is 418 Å². The molecule has 90 heavy (non-hydrogen) atoms. The normalized spacial score (nSPS) is 12.8. The van der Waals surface area contributed by atoms with Gasteiger partial charge in [-0.15, -0.1) is 0 Å². The number of hydrogen-bond acceptors (Lipinski definition) is 7. The largest absolute Gasteiger partial charge is 0.477 e. The van der Waals surface area contributed by atoms with Gasteiger partial charge in [0, 0.05) is 12.8 Å². The molecule has 0 aliphatic heterocycles. The summed E-state index contributed by atoms with van der Waals surface area (Å²) in [4.78, 5) is 37.7. The Bertz CT molecular complexity index is 1570. The van der Waals surface area contributed by atoms with Crippen LogP contribution in [0.4, 0.5) is 0 Å². The number of ether oxygens (including phenoxy) is 4. The molecule has 0 rings (SSSR count). The number of esters is 2. The summed E-state index contributed by atoms with van der Waals surface area (Å²) in [7, 11) is 5.99. The van der Waals surface area contributed by atoms with Crippen molar-refractivity contribution in [1.29, 1.82) is 0 Å². The summed E-state index contributed by atoms with van der Waals surface area (Å²) in [5, 5.41) is 9.76. The number of allylic oxidation sites excluding steroid dienone is 6. The molecule has 0 fully saturated rings. The van der Waals surface area contributed by atoms with Crippen LogP contribution in [0, 0.1) is 0 Å². The first-order valence-corrected chi connectivity index (χ1v) is 39.7. The third-order valence-corrected chi connectivity index (χ3v) is 18.1. The summed E-state index contributed by atoms with van der Waals surface area (Å²) in [6.07, 6.45) is 90.2. The zero-order chi connectivity index (χ0) is 65.4. The zero-order valence-corrected chi connectivity index (χ0v) is 60.8. The Morgan fingerprint density at radius 1 is 0.333 bits per heavy atom. The Morgan fingerprint density at radius 3 is 0.889 bits per heavy atom. The molecule has 0 aromatic heterocycles. The summed E-state index contributed by atoms with van der Waals surface area (Å²) in [6, 6.07) is 0. The van der Waals surface area contributed by atoms with Gasteiger partial charge in [0.25, 0.3) is 6.29 Å². The lowest BCUT2D eigenvalue weighted by atomic mass is 10.0. The number of aliphatic carboxylic acids is 1. The highest BCUT2D eigenvalue weighted by atomic mass is 16.7. The Kier molecular flexibility index (Phi) is 70.3. The topological polar surface area (TPSA) is 108 Å². The van der Waals surface area contributed by atoms with E-state index in [1.807, 2.05) is 21.1 Å². The molecule has 1 N–H and O–H groups in total. The Hall–Kier alpha value is -2.49. The van der Waals surface area contributed by atoms with Crippen molar-refractivity contribution in [3.63, 3.8) is 0 Å². The molecule has 0 bridgehead atoms. The number of carbonyl (C=O) groups excluding carboxylic acids is 2. The quantitative estimate of drug-likeness (QED) is 0.0211. The van der Waals surface area contributed by atoms with Crippen molar-refractivity contribution in [3.8, 4) is 0 Å². The van der Waals surface area contributed by atoms with Crippen LogP contribution in [0.1, 0.15) is 406 Å². The molecule has 2 atom stereocenters. The fraction of sp³-hybridized carbons (Fsp3) is 0.889. The average Bonchev–Trinajstić information content (AvgIpc) is 3.74. The van der Waals surface area contributed by atoms with Crippen LogP contribution in [-0.4, -0.2) is 87.4 Å². The molecule has 0 aromatic carbocycles. The number of unbranched alkanes of at least 4 members (excludes halogenated alkanes) is 54. The minimum Gasteiger partial charge on any atom is -0.477 e. The molecular formula is C81H154NO8+. The number of rotatable bonds is 75. The lowest BCUT2D eigenvalue weighted by molar-refractivity contribution is -0.870. The molecule has 0 amide bonds. The summed E-state index contributed by atoms with van der Waals surface area (Å²) >= 11 is 0. The van der Waals surface area contributed by atoms with Crippen LogP contribution in [0.15, 0.2) is 36.5 Å². The molecular weight excluding hydrogens is 1110 g/mol. The van der Waals surface area contributed by atoms with Crippen molar-refractivity contribution in [1.82, 2.24) is 0 Å². The van der Waals surface area contributed by atoms with Crippen molar-refractivity contribution < 1.29 is 42.9 Å². The first-order chi connectivity index (χ1) is 44.1. The van der Waals surface area contributed by atoms with Crippen LogP contribution in [0.5, 0.6) is 0 Å². The fourth-order valence-corrected chi connectivity index (χ4v) is 12.1. The van der Waals surface area contributed by atoms with Crippen LogP contribution in [0.2, 0.25) is 0 Å². The molecule has 0 aromatic rings. The van der Waals surface area contributed by atoms with Crippen LogP contribution >= 0.6 is 0 Å². The minimum absolute atomic E-state index is 0.178. The zero-order valence-electron chi connectivity index (χ0n) is 60.8. The number of quaternary nitrogens is 1. The molecule has 530 valence electrons. The van der Waals surface area contributed by atoms with E-state index in [-0.39, 0.29) is 38.2 Å². The number of likely N-dealkylation sites (N-methyl/N-ethyl adjacent to an activating group) is 1. The van der Waals surface area contributed by atoms with Gasteiger partial charge in [0.2, 0.25) is 0 Å². The number of carboxylic acids is 1. The van der Waals surface area contributed by atoms with Gasteiger partial charge in [-0.3, -0.25) is 9.59 Å². The maximum atomic E-state index is 13.0. The van der Waals surface area contributed by atoms with E-state index in [0.717, 1.165) is 51.4 Å². The summed E-state index contributed by atoms with van der Waals surface area (Å²) in [6.45, 7) is 4.94. The van der Waals surface area contributed by atoms with E-state index in [1.54, 1.807) is 0 Å². The average molecular weight is 1270 g/mol. The van der Waals surface area contributed by atoms with Crippen molar-refractivity contribution in [2.24, 2.45) is 0 Å². The van der Waals surface area contributed by atoms with E-state index in [1.165, 1.54) is 327 Å². The summed E-state index contributed by atoms with van der Waals surface area (Å²) in [5.74, 6) is -1.98. The molecule has 0 saturated heterocycles. The third-order valence-electron chi connectivity index (χ3n) is 18.1. The van der Waals surface area contributed by atoms with E-state index in [2.05, 4.69) is 50.3 Å². The van der Waals surface area contributed by atoms with Crippen LogP contribution in [0.3, 0.4) is 0 Å². The van der Waals surface area contributed by atoms with Gasteiger partial charge in [0.15, 0.2) is 6.10 Å². The standard InChI is InChI=1S/C81H153NO8/c1-6-8-10-12-14-16-18-20-22-24-26-28-30-32-34-35-36-37-38-39-40-41-42-43-44-46-47-49-51-53-55-57-59-61-63-65-67-69-71-78(83)88-75-77(76-89-81(80(85)86)87-74-73-82(3,4)5)90-79(84)72-70-68-66-64-62-60-58-56-54-52-50-48-45-33-31-29-27-25-23-21-19-17-15-13-11-9-7-2/h19,21,25,27,31,33,77,81H,6-18,20,22-24,26,28-30,32,34-76H2,1-5H3/p+1/b21-19-,27-25-,33-31-. The summed E-state index contributed by atoms with van der Waals surface area (Å²) in [5.41, 5.74) is 0. The molecule has 9 nitrogen and oxygen atoms in total. The molecule has 0 aliphatic rings. The number of hydrogen-bond donors (Lipinski definition) is 1. The summed E-state index contributed by atoms with van der Waals surface area (Å²) < 4.78 is 23.0. The van der Waals surface area contributed by atoms with Crippen molar-refractivity contribution in [2.75, 3.05) is 47.5 Å². The number of nitrogens with zero attached hydrogens (tertiary/aromatic N) is 1. The van der Waals surface area contributed by atoms with E-state index < -0.39 is 18.4 Å². The smallest absolute Gasteiger partial charge is 0.361 e. The van der Waals surface area contributed by atoms with E-state index in [4.69, 9.17) is 18.9 Å². The highest BCUT2D eigenvalue weighted by Gasteiger charge is 2.25. The first-order valence-electron chi connectivity index (χ1n) is 39.7. The predicted octanol–water partition coefficient (Wildman–Crippen LogP) is 25.1. The van der Waals surface area contributed by atoms with Gasteiger partial charge in [-0.1, -0.05) is 378 Å². The Morgan fingerprint density at radius 2 is 0.600 bits per heavy atom. The maximum Gasteiger partial charge on any atom is 0.361 e. The van der Waals surface area contributed by atoms with Gasteiger partial charge in [0.05, 0.1) is 34.4 Å². The molecule has 0 aliphatic carbocycles. The molecule has 0 saturated carbocycles. The monoisotopic (exact) mass is 1270 g/mol. The highest BCUT2D eigenvalue weighted by Crippen LogP contribution is 2.20. The van der Waals surface area contributed by atoms with Gasteiger partial charge >= 0.3 is 17.9 Å². The van der Waals surface area contributed by atoms with Crippen molar-refractivity contribution in [3.05, 3.63) is 36.5 Å². The van der Waals surface area contributed by atoms with E-state index in [9.17, 15) is 19.5 Å². The SMILES string of the molecule is CCCCCCC/C=C\C/C=C\C/C=C\CCCCCCCCCCCCCCC(=O)OC(COC(=O)CCCCCCCCCCCCCCCCCCCCCCCCCCCCCCCCCCCCCCCC)COC(OCC[N+](C)(C)C)C(=O)O. The minimum atomic E-state index is -1.51. The van der Waals surface area contributed by atoms with E-state index >= 15 is 0 Å². The fourth-order valence-electron chi connectivity index (χ4n) is 12.1. The maximum absolute atomic E-state index is 13.0.